The van der Waals surface area contributed by atoms with Crippen LogP contribution in [0.2, 0.25) is 0 Å². The van der Waals surface area contributed by atoms with Gasteiger partial charge in [0, 0.05) is 6.54 Å². The lowest BCUT2D eigenvalue weighted by molar-refractivity contribution is -0.143. The first-order valence-corrected chi connectivity index (χ1v) is 10.6. The predicted octanol–water partition coefficient (Wildman–Crippen LogP) is 0.722. The predicted molar refractivity (Wildman–Crippen MR) is 114 cm³/mol. The molecule has 10 nitrogen and oxygen atoms in total. The fourth-order valence-corrected chi connectivity index (χ4v) is 3.37. The van der Waals surface area contributed by atoms with Gasteiger partial charge in [0.15, 0.2) is 0 Å². The summed E-state index contributed by atoms with van der Waals surface area (Å²) in [7, 11) is 0. The molecule has 10 heteroatoms. The number of amides is 4. The first-order chi connectivity index (χ1) is 14.2. The van der Waals surface area contributed by atoms with Crippen LogP contribution in [0.1, 0.15) is 61.3 Å². The van der Waals surface area contributed by atoms with Gasteiger partial charge in [-0.15, -0.1) is 0 Å². The number of carbonyl (C=O) groups excluding carboxylic acids is 5. The molecule has 0 aromatic carbocycles. The molecule has 0 aromatic heterocycles. The number of rotatable bonds is 8. The van der Waals surface area contributed by atoms with Crippen LogP contribution in [-0.4, -0.2) is 64.8 Å². The number of ether oxygens (including phenoxy) is 1. The van der Waals surface area contributed by atoms with Gasteiger partial charge in [-0.1, -0.05) is 27.7 Å². The largest absolute Gasteiger partial charge is 0.444 e. The van der Waals surface area contributed by atoms with Gasteiger partial charge in [-0.05, 0) is 45.4 Å². The monoisotopic (exact) mass is 440 g/mol. The van der Waals surface area contributed by atoms with Gasteiger partial charge in [-0.25, -0.2) is 4.79 Å². The molecule has 3 atom stereocenters. The van der Waals surface area contributed by atoms with Crippen molar-refractivity contribution in [3.63, 3.8) is 0 Å². The molecule has 4 amide bonds. The molecule has 0 aliphatic carbocycles. The van der Waals surface area contributed by atoms with Gasteiger partial charge < -0.3 is 26.0 Å². The molecule has 31 heavy (non-hydrogen) atoms. The molecule has 1 aliphatic rings. The molecular formula is C21H36N4O6. The second-order valence-electron chi connectivity index (χ2n) is 9.52. The Morgan fingerprint density at radius 1 is 0.968 bits per heavy atom. The first kappa shape index (κ1) is 26.4. The Labute approximate surface area is 183 Å². The highest BCUT2D eigenvalue weighted by Crippen LogP contribution is 2.21. The highest BCUT2D eigenvalue weighted by atomic mass is 16.6. The Kier molecular flexibility index (Phi) is 9.01. The summed E-state index contributed by atoms with van der Waals surface area (Å²) in [5, 5.41) is 5.17. The van der Waals surface area contributed by atoms with Gasteiger partial charge in [0.1, 0.15) is 17.7 Å². The summed E-state index contributed by atoms with van der Waals surface area (Å²) in [5.74, 6) is -3.54. The van der Waals surface area contributed by atoms with Crippen molar-refractivity contribution < 1.29 is 28.7 Å². The van der Waals surface area contributed by atoms with Gasteiger partial charge in [0.2, 0.25) is 17.6 Å². The van der Waals surface area contributed by atoms with Crippen LogP contribution in [0.4, 0.5) is 4.79 Å². The van der Waals surface area contributed by atoms with E-state index in [-0.39, 0.29) is 11.8 Å². The Morgan fingerprint density at radius 3 is 1.97 bits per heavy atom. The summed E-state index contributed by atoms with van der Waals surface area (Å²) >= 11 is 0. The van der Waals surface area contributed by atoms with E-state index in [4.69, 9.17) is 10.5 Å². The van der Waals surface area contributed by atoms with Crippen LogP contribution in [0.5, 0.6) is 0 Å². The number of alkyl carbamates (subject to hydrolysis) is 1. The molecule has 4 N–H and O–H groups in total. The van der Waals surface area contributed by atoms with Crippen molar-refractivity contribution in [2.24, 2.45) is 17.6 Å². The minimum Gasteiger partial charge on any atom is -0.444 e. The summed E-state index contributed by atoms with van der Waals surface area (Å²) in [6.07, 6.45) is 0.286. The van der Waals surface area contributed by atoms with E-state index in [2.05, 4.69) is 10.6 Å². The van der Waals surface area contributed by atoms with Crippen molar-refractivity contribution in [1.82, 2.24) is 15.5 Å². The number of likely N-dealkylation sites (tertiary alicyclic amines) is 1. The lowest BCUT2D eigenvalue weighted by atomic mass is 9.98. The van der Waals surface area contributed by atoms with Crippen molar-refractivity contribution >= 4 is 29.6 Å². The van der Waals surface area contributed by atoms with Crippen molar-refractivity contribution in [3.8, 4) is 0 Å². The maximum Gasteiger partial charge on any atom is 0.408 e. The summed E-state index contributed by atoms with van der Waals surface area (Å²) in [5.41, 5.74) is 4.37. The van der Waals surface area contributed by atoms with Gasteiger partial charge in [-0.2, -0.15) is 0 Å². The zero-order chi connectivity index (χ0) is 24.1. The van der Waals surface area contributed by atoms with Crippen molar-refractivity contribution in [3.05, 3.63) is 0 Å². The standard InChI is InChI=1S/C21H36N4O6/c1-11(2)14(16(26)17(22)27)23-18(28)13-9-8-10-25(13)19(29)15(12(3)4)24-20(30)31-21(5,6)7/h11-15H,8-10H2,1-7H3,(H2,22,27)(H,23,28)(H,24,30)/t13-,14?,15-/m0/s1. The number of hydrogen-bond acceptors (Lipinski definition) is 6. The highest BCUT2D eigenvalue weighted by molar-refractivity contribution is 6.38. The lowest BCUT2D eigenvalue weighted by Crippen LogP contribution is -2.58. The number of carbonyl (C=O) groups is 5. The Hall–Kier alpha value is -2.65. The molecular weight excluding hydrogens is 404 g/mol. The van der Waals surface area contributed by atoms with E-state index in [9.17, 15) is 24.0 Å². The average molecular weight is 441 g/mol. The van der Waals surface area contributed by atoms with E-state index in [1.807, 2.05) is 0 Å². The summed E-state index contributed by atoms with van der Waals surface area (Å²) in [6, 6.07) is -2.75. The minimum absolute atomic E-state index is 0.246. The molecule has 0 bridgehead atoms. The summed E-state index contributed by atoms with van der Waals surface area (Å²) in [4.78, 5) is 63.0. The fourth-order valence-electron chi connectivity index (χ4n) is 3.37. The molecule has 1 aliphatic heterocycles. The maximum absolute atomic E-state index is 13.2. The zero-order valence-electron chi connectivity index (χ0n) is 19.5. The van der Waals surface area contributed by atoms with Crippen LogP contribution in [0.15, 0.2) is 0 Å². The second-order valence-corrected chi connectivity index (χ2v) is 9.52. The summed E-state index contributed by atoms with van der Waals surface area (Å²) in [6.45, 7) is 12.4. The second kappa shape index (κ2) is 10.6. The SMILES string of the molecule is CC(C)C(NC(=O)[C@@H]1CCCN1C(=O)[C@@H](NC(=O)OC(C)(C)C)C(C)C)C(=O)C(N)=O. The first-order valence-electron chi connectivity index (χ1n) is 10.6. The van der Waals surface area contributed by atoms with Crippen molar-refractivity contribution in [2.75, 3.05) is 6.54 Å². The van der Waals surface area contributed by atoms with Crippen molar-refractivity contribution in [2.45, 2.75) is 85.0 Å². The zero-order valence-corrected chi connectivity index (χ0v) is 19.5. The third kappa shape index (κ3) is 7.52. The molecule has 1 fully saturated rings. The van der Waals surface area contributed by atoms with E-state index in [1.165, 1.54) is 4.90 Å². The van der Waals surface area contributed by atoms with Crippen LogP contribution in [0, 0.1) is 11.8 Å². The minimum atomic E-state index is -1.13. The number of nitrogens with zero attached hydrogens (tertiary/aromatic N) is 1. The third-order valence-corrected chi connectivity index (χ3v) is 4.93. The molecule has 0 saturated carbocycles. The Morgan fingerprint density at radius 2 is 1.52 bits per heavy atom. The Balaban J connectivity index is 2.97. The Bertz CT molecular complexity index is 713. The van der Waals surface area contributed by atoms with Crippen LogP contribution in [0.25, 0.3) is 0 Å². The molecule has 1 saturated heterocycles. The molecule has 1 rings (SSSR count). The van der Waals surface area contributed by atoms with Crippen LogP contribution < -0.4 is 16.4 Å². The van der Waals surface area contributed by atoms with Crippen LogP contribution in [0.3, 0.4) is 0 Å². The van der Waals surface area contributed by atoms with Gasteiger partial charge >= 0.3 is 6.09 Å². The molecule has 0 aromatic rings. The topological polar surface area (TPSA) is 148 Å². The summed E-state index contributed by atoms with van der Waals surface area (Å²) < 4.78 is 5.25. The van der Waals surface area contributed by atoms with E-state index in [0.29, 0.717) is 19.4 Å². The van der Waals surface area contributed by atoms with E-state index in [1.54, 1.807) is 48.5 Å². The van der Waals surface area contributed by atoms with Crippen LogP contribution >= 0.6 is 0 Å². The smallest absolute Gasteiger partial charge is 0.408 e. The number of primary amides is 1. The highest BCUT2D eigenvalue weighted by Gasteiger charge is 2.40. The fraction of sp³-hybridized carbons (Fsp3) is 0.762. The van der Waals surface area contributed by atoms with Crippen molar-refractivity contribution in [1.29, 1.82) is 0 Å². The number of nitrogens with two attached hydrogens (primary N) is 1. The number of nitrogens with one attached hydrogen (secondary N) is 2. The molecule has 1 unspecified atom stereocenters. The van der Waals surface area contributed by atoms with E-state index in [0.717, 1.165) is 0 Å². The normalized spacial score (nSPS) is 18.5. The third-order valence-electron chi connectivity index (χ3n) is 4.93. The number of ketones is 1. The number of Topliss-reactive ketones (excluding diaryl/α,β-unsaturated/α-hetero) is 1. The maximum atomic E-state index is 13.2. The van der Waals surface area contributed by atoms with Gasteiger partial charge in [-0.3, -0.25) is 19.2 Å². The van der Waals surface area contributed by atoms with E-state index < -0.39 is 53.3 Å². The average Bonchev–Trinajstić information content (AvgIpc) is 3.10. The van der Waals surface area contributed by atoms with E-state index >= 15 is 0 Å². The molecule has 0 spiro atoms. The van der Waals surface area contributed by atoms with Gasteiger partial charge in [0.05, 0.1) is 6.04 Å². The molecule has 176 valence electrons. The van der Waals surface area contributed by atoms with Crippen LogP contribution in [-0.2, 0) is 23.9 Å². The molecule has 1 heterocycles. The van der Waals surface area contributed by atoms with Gasteiger partial charge in [0.25, 0.3) is 5.91 Å². The molecule has 0 radical (unpaired) electrons. The quantitative estimate of drug-likeness (QED) is 0.474. The lowest BCUT2D eigenvalue weighted by Gasteiger charge is -2.32. The number of hydrogen-bond donors (Lipinski definition) is 3.